The average molecular weight is 304 g/mol. The lowest BCUT2D eigenvalue weighted by molar-refractivity contribution is -0.132. The summed E-state index contributed by atoms with van der Waals surface area (Å²) in [6.07, 6.45) is 2.14. The standard InChI is InChI=1S/C14H28N2O3S/c1-4-16(13-7-10-20(18,19)11-13)14(17)6-9-15-8-5-12(2)3/h12-13,15H,4-11H2,1-3H3. The van der Waals surface area contributed by atoms with Gasteiger partial charge in [0.2, 0.25) is 5.91 Å². The molecule has 5 nitrogen and oxygen atoms in total. The fraction of sp³-hybridized carbons (Fsp3) is 0.929. The van der Waals surface area contributed by atoms with Crippen molar-refractivity contribution < 1.29 is 13.2 Å². The highest BCUT2D eigenvalue weighted by molar-refractivity contribution is 7.91. The van der Waals surface area contributed by atoms with Crippen LogP contribution in [0.1, 0.15) is 40.0 Å². The third-order valence-electron chi connectivity index (χ3n) is 3.72. The number of hydrogen-bond acceptors (Lipinski definition) is 4. The molecule has 1 fully saturated rings. The molecule has 1 saturated heterocycles. The van der Waals surface area contributed by atoms with Crippen molar-refractivity contribution in [3.05, 3.63) is 0 Å². The molecule has 6 heteroatoms. The van der Waals surface area contributed by atoms with Crippen LogP contribution in [0.15, 0.2) is 0 Å². The summed E-state index contributed by atoms with van der Waals surface area (Å²) in [6, 6.07) is -0.117. The van der Waals surface area contributed by atoms with E-state index in [9.17, 15) is 13.2 Å². The number of sulfone groups is 1. The molecule has 1 aliphatic heterocycles. The molecule has 118 valence electrons. The van der Waals surface area contributed by atoms with E-state index in [1.54, 1.807) is 4.90 Å². The summed E-state index contributed by atoms with van der Waals surface area (Å²) in [4.78, 5) is 13.9. The van der Waals surface area contributed by atoms with Crippen LogP contribution < -0.4 is 5.32 Å². The third kappa shape index (κ3) is 5.79. The molecule has 0 bridgehead atoms. The van der Waals surface area contributed by atoms with Gasteiger partial charge in [-0.05, 0) is 32.2 Å². The summed E-state index contributed by atoms with van der Waals surface area (Å²) >= 11 is 0. The highest BCUT2D eigenvalue weighted by Gasteiger charge is 2.33. The van der Waals surface area contributed by atoms with Crippen molar-refractivity contribution in [1.29, 1.82) is 0 Å². The normalized spacial score (nSPS) is 21.3. The maximum atomic E-state index is 12.2. The molecule has 0 saturated carbocycles. The van der Waals surface area contributed by atoms with Crippen LogP contribution in [0.4, 0.5) is 0 Å². The Hall–Kier alpha value is -0.620. The van der Waals surface area contributed by atoms with Crippen LogP contribution in [0.25, 0.3) is 0 Å². The third-order valence-corrected chi connectivity index (χ3v) is 5.47. The molecule has 20 heavy (non-hydrogen) atoms. The molecular weight excluding hydrogens is 276 g/mol. The minimum atomic E-state index is -2.93. The lowest BCUT2D eigenvalue weighted by Crippen LogP contribution is -2.42. The maximum Gasteiger partial charge on any atom is 0.224 e. The van der Waals surface area contributed by atoms with E-state index in [0.29, 0.717) is 31.8 Å². The molecule has 0 aromatic heterocycles. The van der Waals surface area contributed by atoms with E-state index in [-0.39, 0.29) is 23.5 Å². The van der Waals surface area contributed by atoms with E-state index in [1.165, 1.54) is 0 Å². The number of nitrogens with one attached hydrogen (secondary N) is 1. The van der Waals surface area contributed by atoms with E-state index >= 15 is 0 Å². The molecule has 0 aromatic rings. The minimum Gasteiger partial charge on any atom is -0.339 e. The van der Waals surface area contributed by atoms with Gasteiger partial charge in [-0.25, -0.2) is 8.42 Å². The summed E-state index contributed by atoms with van der Waals surface area (Å²) in [5.41, 5.74) is 0. The molecule has 0 radical (unpaired) electrons. The van der Waals surface area contributed by atoms with Crippen molar-refractivity contribution in [3.8, 4) is 0 Å². The van der Waals surface area contributed by atoms with E-state index in [0.717, 1.165) is 13.0 Å². The zero-order valence-corrected chi connectivity index (χ0v) is 13.7. The van der Waals surface area contributed by atoms with Crippen LogP contribution in [-0.2, 0) is 14.6 Å². The fourth-order valence-corrected chi connectivity index (χ4v) is 4.24. The second-order valence-corrected chi connectivity index (χ2v) is 8.15. The molecule has 0 aliphatic carbocycles. The number of hydrogen-bond donors (Lipinski definition) is 1. The zero-order valence-electron chi connectivity index (χ0n) is 12.9. The Balaban J connectivity index is 2.33. The number of rotatable bonds is 8. The van der Waals surface area contributed by atoms with Gasteiger partial charge in [-0.1, -0.05) is 13.8 Å². The van der Waals surface area contributed by atoms with Crippen LogP contribution in [0.2, 0.25) is 0 Å². The molecule has 1 aliphatic rings. The number of carbonyl (C=O) groups is 1. The monoisotopic (exact) mass is 304 g/mol. The number of carbonyl (C=O) groups excluding carboxylic acids is 1. The summed E-state index contributed by atoms with van der Waals surface area (Å²) < 4.78 is 23.0. The Morgan fingerprint density at radius 1 is 1.35 bits per heavy atom. The van der Waals surface area contributed by atoms with Gasteiger partial charge >= 0.3 is 0 Å². The highest BCUT2D eigenvalue weighted by Crippen LogP contribution is 2.18. The van der Waals surface area contributed by atoms with Crippen molar-refractivity contribution in [1.82, 2.24) is 10.2 Å². The largest absolute Gasteiger partial charge is 0.339 e. The topological polar surface area (TPSA) is 66.5 Å². The smallest absolute Gasteiger partial charge is 0.224 e. The molecular formula is C14H28N2O3S. The molecule has 0 aromatic carbocycles. The van der Waals surface area contributed by atoms with Gasteiger partial charge in [0.15, 0.2) is 9.84 Å². The first-order chi connectivity index (χ1) is 9.35. The Kier molecular flexibility index (Phi) is 6.95. The molecule has 1 N–H and O–H groups in total. The van der Waals surface area contributed by atoms with Gasteiger partial charge in [-0.3, -0.25) is 4.79 Å². The maximum absolute atomic E-state index is 12.2. The molecule has 1 heterocycles. The Morgan fingerprint density at radius 2 is 2.05 bits per heavy atom. The van der Waals surface area contributed by atoms with Crippen molar-refractivity contribution in [3.63, 3.8) is 0 Å². The number of amides is 1. The molecule has 1 rings (SSSR count). The number of nitrogens with zero attached hydrogens (tertiary/aromatic N) is 1. The molecule has 0 spiro atoms. The summed E-state index contributed by atoms with van der Waals surface area (Å²) in [6.45, 7) is 8.44. The Morgan fingerprint density at radius 3 is 2.55 bits per heavy atom. The first-order valence-electron chi connectivity index (χ1n) is 7.56. The minimum absolute atomic E-state index is 0.0617. The molecule has 1 atom stereocenters. The average Bonchev–Trinajstić information content (AvgIpc) is 2.69. The fourth-order valence-electron chi connectivity index (χ4n) is 2.51. The van der Waals surface area contributed by atoms with E-state index in [4.69, 9.17) is 0 Å². The van der Waals surface area contributed by atoms with Gasteiger partial charge in [0.25, 0.3) is 0 Å². The van der Waals surface area contributed by atoms with Gasteiger partial charge < -0.3 is 10.2 Å². The highest BCUT2D eigenvalue weighted by atomic mass is 32.2. The predicted octanol–water partition coefficient (Wildman–Crippen LogP) is 1.05. The Labute approximate surface area is 123 Å². The summed E-state index contributed by atoms with van der Waals surface area (Å²) in [7, 11) is -2.93. The van der Waals surface area contributed by atoms with Gasteiger partial charge in [-0.2, -0.15) is 0 Å². The zero-order chi connectivity index (χ0) is 15.2. The van der Waals surface area contributed by atoms with Crippen molar-refractivity contribution in [2.75, 3.05) is 31.1 Å². The van der Waals surface area contributed by atoms with E-state index in [1.807, 2.05) is 6.92 Å². The van der Waals surface area contributed by atoms with Crippen LogP contribution in [0.3, 0.4) is 0 Å². The first-order valence-corrected chi connectivity index (χ1v) is 9.38. The van der Waals surface area contributed by atoms with Gasteiger partial charge in [-0.15, -0.1) is 0 Å². The molecule has 1 unspecified atom stereocenters. The van der Waals surface area contributed by atoms with Gasteiger partial charge in [0, 0.05) is 25.6 Å². The lowest BCUT2D eigenvalue weighted by Gasteiger charge is -2.27. The second-order valence-electron chi connectivity index (χ2n) is 5.92. The molecule has 1 amide bonds. The van der Waals surface area contributed by atoms with Crippen LogP contribution in [0.5, 0.6) is 0 Å². The quantitative estimate of drug-likeness (QED) is 0.681. The summed E-state index contributed by atoms with van der Waals surface area (Å²) in [5.74, 6) is 1.07. The first kappa shape index (κ1) is 17.4. The van der Waals surface area contributed by atoms with E-state index in [2.05, 4.69) is 19.2 Å². The van der Waals surface area contributed by atoms with Gasteiger partial charge in [0.1, 0.15) is 0 Å². The SMILES string of the molecule is CCN(C(=O)CCNCCC(C)C)C1CCS(=O)(=O)C1. The predicted molar refractivity (Wildman–Crippen MR) is 81.4 cm³/mol. The van der Waals surface area contributed by atoms with Crippen molar-refractivity contribution in [2.24, 2.45) is 5.92 Å². The Bertz CT molecular complexity index is 407. The van der Waals surface area contributed by atoms with Crippen molar-refractivity contribution >= 4 is 15.7 Å². The van der Waals surface area contributed by atoms with E-state index < -0.39 is 9.84 Å². The van der Waals surface area contributed by atoms with Crippen molar-refractivity contribution in [2.45, 2.75) is 46.1 Å². The van der Waals surface area contributed by atoms with Crippen LogP contribution in [0, 0.1) is 5.92 Å². The second kappa shape index (κ2) is 7.98. The lowest BCUT2D eigenvalue weighted by atomic mass is 10.1. The van der Waals surface area contributed by atoms with Gasteiger partial charge in [0.05, 0.1) is 11.5 Å². The summed E-state index contributed by atoms with van der Waals surface area (Å²) in [5, 5.41) is 3.27. The van der Waals surface area contributed by atoms with Crippen LogP contribution >= 0.6 is 0 Å². The van der Waals surface area contributed by atoms with Crippen LogP contribution in [-0.4, -0.2) is 56.4 Å².